The molecule has 0 bridgehead atoms. The van der Waals surface area contributed by atoms with Gasteiger partial charge in [0.05, 0.1) is 27.8 Å². The van der Waals surface area contributed by atoms with Crippen LogP contribution in [0.25, 0.3) is 77.2 Å². The van der Waals surface area contributed by atoms with Gasteiger partial charge in [0.25, 0.3) is 0 Å². The lowest BCUT2D eigenvalue weighted by Crippen LogP contribution is -2.17. The monoisotopic (exact) mass is 767 g/mol. The molecule has 0 N–H and O–H groups in total. The van der Waals surface area contributed by atoms with Gasteiger partial charge >= 0.3 is 0 Å². The summed E-state index contributed by atoms with van der Waals surface area (Å²) in [6.07, 6.45) is 0. The molecule has 0 spiro atoms. The van der Waals surface area contributed by atoms with E-state index in [1.165, 1.54) is 77.0 Å². The molecule has 0 saturated carbocycles. The van der Waals surface area contributed by atoms with Crippen molar-refractivity contribution in [3.05, 3.63) is 223 Å². The standard InChI is InChI=1S/C57H41N3/c1-57(2)49-35-39(38-17-6-3-7-18-38)29-32-44(49)45-33-30-42(36-50(45)57)58(43-31-34-47-46-23-12-14-25-51(46)60(55(47)37-43)41-21-10-5-11-22-41)53-27-16-28-54-56(53)48-24-13-15-26-52(48)59(54)40-19-8-4-9-20-40/h3-37H,1-2H3. The zero-order valence-corrected chi connectivity index (χ0v) is 33.5. The summed E-state index contributed by atoms with van der Waals surface area (Å²) in [6, 6.07) is 77.9. The van der Waals surface area contributed by atoms with Crippen molar-refractivity contribution < 1.29 is 0 Å². The van der Waals surface area contributed by atoms with Crippen LogP contribution < -0.4 is 4.90 Å². The second kappa shape index (κ2) is 13.2. The largest absolute Gasteiger partial charge is 0.310 e. The van der Waals surface area contributed by atoms with Crippen LogP contribution in [0.4, 0.5) is 17.1 Å². The van der Waals surface area contributed by atoms with Gasteiger partial charge in [-0.15, -0.1) is 0 Å². The second-order valence-electron chi connectivity index (χ2n) is 16.6. The number of para-hydroxylation sites is 4. The van der Waals surface area contributed by atoms with Gasteiger partial charge in [0.15, 0.2) is 0 Å². The van der Waals surface area contributed by atoms with E-state index in [2.05, 4.69) is 240 Å². The Labute approximate surface area is 349 Å². The Kier molecular flexibility index (Phi) is 7.58. The Morgan fingerprint density at radius 2 is 0.883 bits per heavy atom. The summed E-state index contributed by atoms with van der Waals surface area (Å²) in [5.41, 5.74) is 18.0. The molecule has 0 amide bonds. The van der Waals surface area contributed by atoms with Crippen LogP contribution in [-0.4, -0.2) is 9.13 Å². The van der Waals surface area contributed by atoms with Crippen molar-refractivity contribution in [2.75, 3.05) is 4.90 Å². The molecular weight excluding hydrogens is 727 g/mol. The molecule has 12 rings (SSSR count). The van der Waals surface area contributed by atoms with Crippen molar-refractivity contribution in [2.45, 2.75) is 19.3 Å². The van der Waals surface area contributed by atoms with E-state index in [0.717, 1.165) is 28.4 Å². The molecule has 3 heteroatoms. The molecule has 1 aliphatic rings. The molecule has 0 unspecified atom stereocenters. The van der Waals surface area contributed by atoms with Gasteiger partial charge in [-0.1, -0.05) is 147 Å². The molecule has 284 valence electrons. The molecule has 0 fully saturated rings. The van der Waals surface area contributed by atoms with Gasteiger partial charge in [0, 0.05) is 49.7 Å². The van der Waals surface area contributed by atoms with Crippen LogP contribution in [-0.2, 0) is 5.41 Å². The Bertz CT molecular complexity index is 3450. The summed E-state index contributed by atoms with van der Waals surface area (Å²) in [6.45, 7) is 4.78. The molecule has 0 aliphatic heterocycles. The highest BCUT2D eigenvalue weighted by molar-refractivity contribution is 6.17. The van der Waals surface area contributed by atoms with Crippen molar-refractivity contribution in [1.82, 2.24) is 9.13 Å². The zero-order chi connectivity index (χ0) is 40.0. The smallest absolute Gasteiger partial charge is 0.0562 e. The molecule has 0 saturated heterocycles. The van der Waals surface area contributed by atoms with Gasteiger partial charge in [0.2, 0.25) is 0 Å². The van der Waals surface area contributed by atoms with Gasteiger partial charge in [-0.25, -0.2) is 0 Å². The van der Waals surface area contributed by atoms with Crippen molar-refractivity contribution in [3.8, 4) is 33.6 Å². The van der Waals surface area contributed by atoms with Crippen molar-refractivity contribution in [3.63, 3.8) is 0 Å². The molecule has 60 heavy (non-hydrogen) atoms. The van der Waals surface area contributed by atoms with Gasteiger partial charge in [-0.05, 0) is 112 Å². The molecule has 2 aromatic heterocycles. The minimum atomic E-state index is -0.212. The number of rotatable bonds is 6. The molecular formula is C57H41N3. The van der Waals surface area contributed by atoms with Gasteiger partial charge < -0.3 is 14.0 Å². The summed E-state index contributed by atoms with van der Waals surface area (Å²) in [5.74, 6) is 0. The molecule has 3 nitrogen and oxygen atoms in total. The van der Waals surface area contributed by atoms with Gasteiger partial charge in [-0.2, -0.15) is 0 Å². The number of hydrogen-bond acceptors (Lipinski definition) is 1. The number of nitrogens with zero attached hydrogens (tertiary/aromatic N) is 3. The molecule has 0 radical (unpaired) electrons. The minimum Gasteiger partial charge on any atom is -0.310 e. The molecule has 9 aromatic carbocycles. The van der Waals surface area contributed by atoms with Gasteiger partial charge in [0.1, 0.15) is 0 Å². The zero-order valence-electron chi connectivity index (χ0n) is 33.5. The summed E-state index contributed by atoms with van der Waals surface area (Å²) >= 11 is 0. The number of hydrogen-bond donors (Lipinski definition) is 0. The first-order chi connectivity index (χ1) is 29.5. The predicted molar refractivity (Wildman–Crippen MR) is 253 cm³/mol. The van der Waals surface area contributed by atoms with Crippen LogP contribution in [0, 0.1) is 0 Å². The predicted octanol–water partition coefficient (Wildman–Crippen LogP) is 15.3. The summed E-state index contributed by atoms with van der Waals surface area (Å²) in [5, 5.41) is 4.92. The SMILES string of the molecule is CC1(C)c2cc(-c3ccccc3)ccc2-c2ccc(N(c3ccc4c5ccccc5n(-c5ccccc5)c4c3)c3cccc4c3c3ccccc3n4-c3ccccc3)cc21. The summed E-state index contributed by atoms with van der Waals surface area (Å²) < 4.78 is 4.83. The van der Waals surface area contributed by atoms with E-state index >= 15 is 0 Å². The molecule has 0 atom stereocenters. The van der Waals surface area contributed by atoms with Crippen LogP contribution in [0.3, 0.4) is 0 Å². The average Bonchev–Trinajstić information content (AvgIpc) is 3.90. The van der Waals surface area contributed by atoms with Gasteiger partial charge in [-0.3, -0.25) is 0 Å². The van der Waals surface area contributed by atoms with E-state index in [9.17, 15) is 0 Å². The highest BCUT2D eigenvalue weighted by atomic mass is 15.2. The number of anilines is 3. The van der Waals surface area contributed by atoms with Crippen molar-refractivity contribution in [2.24, 2.45) is 0 Å². The van der Waals surface area contributed by atoms with Crippen LogP contribution >= 0.6 is 0 Å². The Hall–Kier alpha value is -7.62. The van der Waals surface area contributed by atoms with E-state index in [1.54, 1.807) is 0 Å². The average molecular weight is 768 g/mol. The first kappa shape index (κ1) is 34.4. The second-order valence-corrected chi connectivity index (χ2v) is 16.6. The van der Waals surface area contributed by atoms with E-state index < -0.39 is 0 Å². The minimum absolute atomic E-state index is 0.212. The first-order valence-corrected chi connectivity index (χ1v) is 20.9. The maximum Gasteiger partial charge on any atom is 0.0562 e. The lowest BCUT2D eigenvalue weighted by Gasteiger charge is -2.29. The lowest BCUT2D eigenvalue weighted by molar-refractivity contribution is 0.660. The molecule has 11 aromatic rings. The topological polar surface area (TPSA) is 13.1 Å². The third kappa shape index (κ3) is 5.09. The quantitative estimate of drug-likeness (QED) is 0.164. The third-order valence-electron chi connectivity index (χ3n) is 12.9. The van der Waals surface area contributed by atoms with Crippen LogP contribution in [0.15, 0.2) is 212 Å². The number of benzene rings is 9. The van der Waals surface area contributed by atoms with Crippen molar-refractivity contribution >= 4 is 60.7 Å². The third-order valence-corrected chi connectivity index (χ3v) is 12.9. The van der Waals surface area contributed by atoms with E-state index in [-0.39, 0.29) is 5.41 Å². The number of fused-ring (bicyclic) bond motifs is 9. The first-order valence-electron chi connectivity index (χ1n) is 20.9. The summed E-state index contributed by atoms with van der Waals surface area (Å²) in [4.78, 5) is 2.51. The van der Waals surface area contributed by atoms with Crippen molar-refractivity contribution in [1.29, 1.82) is 0 Å². The Morgan fingerprint density at radius 1 is 0.367 bits per heavy atom. The van der Waals surface area contributed by atoms with E-state index in [1.807, 2.05) is 0 Å². The van der Waals surface area contributed by atoms with Crippen LogP contribution in [0.2, 0.25) is 0 Å². The highest BCUT2D eigenvalue weighted by Gasteiger charge is 2.36. The molecule has 1 aliphatic carbocycles. The Morgan fingerprint density at radius 3 is 1.60 bits per heavy atom. The fourth-order valence-electron chi connectivity index (χ4n) is 10.1. The Balaban J connectivity index is 1.13. The van der Waals surface area contributed by atoms with E-state index in [4.69, 9.17) is 0 Å². The summed E-state index contributed by atoms with van der Waals surface area (Å²) in [7, 11) is 0. The maximum absolute atomic E-state index is 2.51. The van der Waals surface area contributed by atoms with E-state index in [0.29, 0.717) is 0 Å². The van der Waals surface area contributed by atoms with Crippen LogP contribution in [0.5, 0.6) is 0 Å². The normalized spacial score (nSPS) is 13.0. The molecule has 2 heterocycles. The number of aromatic nitrogens is 2. The van der Waals surface area contributed by atoms with Crippen LogP contribution in [0.1, 0.15) is 25.0 Å². The fourth-order valence-corrected chi connectivity index (χ4v) is 10.1. The lowest BCUT2D eigenvalue weighted by atomic mass is 9.81. The fraction of sp³-hybridized carbons (Fsp3) is 0.0526. The maximum atomic E-state index is 2.51. The highest BCUT2D eigenvalue weighted by Crippen LogP contribution is 2.53.